The van der Waals surface area contributed by atoms with Crippen LogP contribution in [0, 0.1) is 10.1 Å². The maximum absolute atomic E-state index is 12.4. The van der Waals surface area contributed by atoms with Gasteiger partial charge >= 0.3 is 5.69 Å². The molecule has 1 saturated heterocycles. The standard InChI is InChI=1S/C16H16N4O5S/c1-4-5-19-14(21)13(26-16(19)23)7-9-6-11-12(8-10(9)20(24)25)18(3)15(22)17(11)2/h6-8H,4-5H2,1-3H3/b13-7-. The number of nitro benzene ring substituents is 1. The Morgan fingerprint density at radius 3 is 2.35 bits per heavy atom. The zero-order chi connectivity index (χ0) is 19.2. The summed E-state index contributed by atoms with van der Waals surface area (Å²) < 4.78 is 2.69. The number of thioether (sulfide) groups is 1. The molecule has 0 aliphatic carbocycles. The van der Waals surface area contributed by atoms with Gasteiger partial charge in [-0.25, -0.2) is 4.79 Å². The first-order chi connectivity index (χ1) is 12.3. The van der Waals surface area contributed by atoms with Crippen molar-refractivity contribution < 1.29 is 14.5 Å². The van der Waals surface area contributed by atoms with Gasteiger partial charge in [-0.15, -0.1) is 0 Å². The predicted octanol–water partition coefficient (Wildman–Crippen LogP) is 2.23. The second-order valence-corrected chi connectivity index (χ2v) is 6.88. The van der Waals surface area contributed by atoms with Crippen molar-refractivity contribution in [1.82, 2.24) is 14.0 Å². The second kappa shape index (κ2) is 6.45. The molecule has 0 N–H and O–H groups in total. The van der Waals surface area contributed by atoms with E-state index >= 15 is 0 Å². The van der Waals surface area contributed by atoms with Crippen LogP contribution in [-0.2, 0) is 18.9 Å². The number of carbonyl (C=O) groups is 2. The lowest BCUT2D eigenvalue weighted by Crippen LogP contribution is -2.28. The molecule has 2 aromatic rings. The summed E-state index contributed by atoms with van der Waals surface area (Å²) in [4.78, 5) is 48.5. The fourth-order valence-corrected chi connectivity index (χ4v) is 3.74. The van der Waals surface area contributed by atoms with E-state index in [2.05, 4.69) is 0 Å². The highest BCUT2D eigenvalue weighted by Gasteiger charge is 2.35. The minimum Gasteiger partial charge on any atom is -0.295 e. The Bertz CT molecular complexity index is 1050. The lowest BCUT2D eigenvalue weighted by molar-refractivity contribution is -0.385. The number of rotatable bonds is 4. The Morgan fingerprint density at radius 1 is 1.15 bits per heavy atom. The van der Waals surface area contributed by atoms with Crippen molar-refractivity contribution in [2.75, 3.05) is 6.54 Å². The molecule has 1 fully saturated rings. The Morgan fingerprint density at radius 2 is 1.77 bits per heavy atom. The number of imide groups is 1. The summed E-state index contributed by atoms with van der Waals surface area (Å²) in [6.45, 7) is 2.15. The summed E-state index contributed by atoms with van der Waals surface area (Å²) in [5.41, 5.74) is 0.545. The van der Waals surface area contributed by atoms with Crippen LogP contribution >= 0.6 is 11.8 Å². The van der Waals surface area contributed by atoms with E-state index in [9.17, 15) is 24.5 Å². The molecule has 1 aliphatic rings. The first kappa shape index (κ1) is 17.9. The van der Waals surface area contributed by atoms with Gasteiger partial charge in [0.05, 0.1) is 26.4 Å². The smallest absolute Gasteiger partial charge is 0.295 e. The number of nitro groups is 1. The summed E-state index contributed by atoms with van der Waals surface area (Å²) in [6, 6.07) is 2.79. The molecule has 0 bridgehead atoms. The maximum Gasteiger partial charge on any atom is 0.328 e. The van der Waals surface area contributed by atoms with Crippen LogP contribution in [0.1, 0.15) is 18.9 Å². The molecule has 1 aliphatic heterocycles. The average molecular weight is 376 g/mol. The molecule has 2 amide bonds. The predicted molar refractivity (Wildman–Crippen MR) is 97.8 cm³/mol. The van der Waals surface area contributed by atoms with E-state index in [1.54, 1.807) is 7.05 Å². The van der Waals surface area contributed by atoms with Gasteiger partial charge in [0, 0.05) is 26.7 Å². The first-order valence-corrected chi connectivity index (χ1v) is 8.67. The highest BCUT2D eigenvalue weighted by molar-refractivity contribution is 8.18. The normalized spacial score (nSPS) is 16.3. The van der Waals surface area contributed by atoms with E-state index in [0.717, 1.165) is 16.7 Å². The van der Waals surface area contributed by atoms with Crippen molar-refractivity contribution in [3.63, 3.8) is 0 Å². The minimum atomic E-state index is -0.570. The molecule has 9 nitrogen and oxygen atoms in total. The van der Waals surface area contributed by atoms with Gasteiger partial charge in [-0.2, -0.15) is 0 Å². The Kier molecular flexibility index (Phi) is 4.45. The molecule has 10 heteroatoms. The molecule has 1 aromatic carbocycles. The van der Waals surface area contributed by atoms with Gasteiger partial charge in [0.15, 0.2) is 0 Å². The van der Waals surface area contributed by atoms with E-state index in [-0.39, 0.29) is 27.1 Å². The van der Waals surface area contributed by atoms with Crippen molar-refractivity contribution >= 4 is 45.7 Å². The first-order valence-electron chi connectivity index (χ1n) is 7.85. The number of nitrogens with zero attached hydrogens (tertiary/aromatic N) is 4. The van der Waals surface area contributed by atoms with Crippen LogP contribution in [0.15, 0.2) is 21.8 Å². The lowest BCUT2D eigenvalue weighted by atomic mass is 10.1. The zero-order valence-electron chi connectivity index (χ0n) is 14.4. The van der Waals surface area contributed by atoms with E-state index in [1.165, 1.54) is 34.4 Å². The summed E-state index contributed by atoms with van der Waals surface area (Å²) in [5.74, 6) is -0.460. The number of carbonyl (C=O) groups excluding carboxylic acids is 2. The molecule has 26 heavy (non-hydrogen) atoms. The van der Waals surface area contributed by atoms with Crippen LogP contribution in [0.2, 0.25) is 0 Å². The van der Waals surface area contributed by atoms with Gasteiger partial charge in [0.25, 0.3) is 16.8 Å². The number of aryl methyl sites for hydroxylation is 2. The molecule has 2 heterocycles. The van der Waals surface area contributed by atoms with Gasteiger partial charge in [0.1, 0.15) is 0 Å². The molecular weight excluding hydrogens is 360 g/mol. The summed E-state index contributed by atoms with van der Waals surface area (Å²) in [6.07, 6.45) is 1.97. The van der Waals surface area contributed by atoms with Crippen LogP contribution in [0.25, 0.3) is 17.1 Å². The summed E-state index contributed by atoms with van der Waals surface area (Å²) in [5, 5.41) is 11.1. The number of hydrogen-bond donors (Lipinski definition) is 0. The topological polar surface area (TPSA) is 107 Å². The third-order valence-corrected chi connectivity index (χ3v) is 5.13. The summed E-state index contributed by atoms with van der Waals surface area (Å²) in [7, 11) is 3.10. The molecular formula is C16H16N4O5S. The number of amides is 2. The van der Waals surface area contributed by atoms with Crippen LogP contribution in [0.5, 0.6) is 0 Å². The largest absolute Gasteiger partial charge is 0.328 e. The maximum atomic E-state index is 12.4. The molecule has 0 radical (unpaired) electrons. The van der Waals surface area contributed by atoms with Gasteiger partial charge in [0.2, 0.25) is 0 Å². The molecule has 0 atom stereocenters. The van der Waals surface area contributed by atoms with Crippen molar-refractivity contribution in [2.45, 2.75) is 13.3 Å². The molecule has 0 unspecified atom stereocenters. The van der Waals surface area contributed by atoms with Gasteiger partial charge < -0.3 is 0 Å². The van der Waals surface area contributed by atoms with Crippen LogP contribution in [-0.4, -0.2) is 36.6 Å². The van der Waals surface area contributed by atoms with Gasteiger partial charge in [-0.3, -0.25) is 33.7 Å². The monoisotopic (exact) mass is 376 g/mol. The highest BCUT2D eigenvalue weighted by atomic mass is 32.2. The zero-order valence-corrected chi connectivity index (χ0v) is 15.2. The quantitative estimate of drug-likeness (QED) is 0.460. The van der Waals surface area contributed by atoms with Crippen molar-refractivity contribution in [1.29, 1.82) is 0 Å². The van der Waals surface area contributed by atoms with Crippen molar-refractivity contribution in [2.24, 2.45) is 14.1 Å². The molecule has 136 valence electrons. The van der Waals surface area contributed by atoms with Crippen molar-refractivity contribution in [3.8, 4) is 0 Å². The van der Waals surface area contributed by atoms with Crippen LogP contribution in [0.3, 0.4) is 0 Å². The number of benzene rings is 1. The van der Waals surface area contributed by atoms with Crippen molar-refractivity contribution in [3.05, 3.63) is 43.2 Å². The number of fused-ring (bicyclic) bond motifs is 1. The van der Waals surface area contributed by atoms with E-state index in [4.69, 9.17) is 0 Å². The van der Waals surface area contributed by atoms with Crippen LogP contribution in [0.4, 0.5) is 10.5 Å². The fourth-order valence-electron chi connectivity index (χ4n) is 2.88. The third-order valence-electron chi connectivity index (χ3n) is 4.22. The van der Waals surface area contributed by atoms with Crippen LogP contribution < -0.4 is 5.69 Å². The highest BCUT2D eigenvalue weighted by Crippen LogP contribution is 2.35. The molecule has 0 saturated carbocycles. The van der Waals surface area contributed by atoms with E-state index in [1.807, 2.05) is 6.92 Å². The second-order valence-electron chi connectivity index (χ2n) is 5.89. The average Bonchev–Trinajstić information content (AvgIpc) is 2.97. The van der Waals surface area contributed by atoms with E-state index < -0.39 is 10.8 Å². The Hall–Kier alpha value is -2.88. The fraction of sp³-hybridized carbons (Fsp3) is 0.312. The Labute approximate surface area is 152 Å². The van der Waals surface area contributed by atoms with Gasteiger partial charge in [-0.1, -0.05) is 6.92 Å². The number of aromatic nitrogens is 2. The SMILES string of the molecule is CCCN1C(=O)S/C(=C\c2cc3c(cc2[N+](=O)[O-])n(C)c(=O)n3C)C1=O. The summed E-state index contributed by atoms with van der Waals surface area (Å²) >= 11 is 0.757. The van der Waals surface area contributed by atoms with E-state index in [0.29, 0.717) is 24.0 Å². The lowest BCUT2D eigenvalue weighted by Gasteiger charge is -2.09. The minimum absolute atomic E-state index is 0.131. The molecule has 1 aromatic heterocycles. The van der Waals surface area contributed by atoms with Gasteiger partial charge in [-0.05, 0) is 30.3 Å². The third kappa shape index (κ3) is 2.71. The number of imidazole rings is 1. The molecule has 0 spiro atoms. The Balaban J connectivity index is 2.18. The molecule has 3 rings (SSSR count). The number of hydrogen-bond acceptors (Lipinski definition) is 6.